The number of alkyl halides is 1. The first kappa shape index (κ1) is 14.7. The Morgan fingerprint density at radius 1 is 1.00 bits per heavy atom. The topological polar surface area (TPSA) is 18.5 Å². The SMILES string of the molecule is Cc1cc(C(Br)c2ccc3c(c2)OCCO3)c(C)cc1Cl. The van der Waals surface area contributed by atoms with Crippen molar-refractivity contribution >= 4 is 27.5 Å². The van der Waals surface area contributed by atoms with Crippen LogP contribution in [0.1, 0.15) is 27.1 Å². The quantitative estimate of drug-likeness (QED) is 0.678. The van der Waals surface area contributed by atoms with Gasteiger partial charge in [0.15, 0.2) is 11.5 Å². The molecule has 1 aliphatic heterocycles. The molecule has 0 aliphatic carbocycles. The molecule has 0 spiro atoms. The molecule has 1 atom stereocenters. The molecule has 21 heavy (non-hydrogen) atoms. The maximum atomic E-state index is 6.18. The van der Waals surface area contributed by atoms with Gasteiger partial charge in [0, 0.05) is 5.02 Å². The van der Waals surface area contributed by atoms with E-state index in [1.165, 1.54) is 11.1 Å². The van der Waals surface area contributed by atoms with Gasteiger partial charge in [-0.05, 0) is 54.3 Å². The Labute approximate surface area is 138 Å². The second kappa shape index (κ2) is 5.90. The first-order valence-electron chi connectivity index (χ1n) is 6.86. The number of hydrogen-bond donors (Lipinski definition) is 0. The predicted molar refractivity (Wildman–Crippen MR) is 89.1 cm³/mol. The highest BCUT2D eigenvalue weighted by Gasteiger charge is 2.18. The Bertz CT molecular complexity index is 685. The molecule has 0 aromatic heterocycles. The Kier molecular flexibility index (Phi) is 4.14. The zero-order chi connectivity index (χ0) is 15.0. The molecule has 2 aromatic rings. The average Bonchev–Trinajstić information content (AvgIpc) is 2.50. The van der Waals surface area contributed by atoms with Gasteiger partial charge in [-0.15, -0.1) is 0 Å². The molecule has 1 unspecified atom stereocenters. The van der Waals surface area contributed by atoms with Crippen LogP contribution < -0.4 is 9.47 Å². The van der Waals surface area contributed by atoms with Crippen LogP contribution in [-0.2, 0) is 0 Å². The lowest BCUT2D eigenvalue weighted by Gasteiger charge is -2.21. The van der Waals surface area contributed by atoms with Crippen LogP contribution in [0.25, 0.3) is 0 Å². The summed E-state index contributed by atoms with van der Waals surface area (Å²) in [5.74, 6) is 1.63. The number of benzene rings is 2. The van der Waals surface area contributed by atoms with E-state index in [0.29, 0.717) is 13.2 Å². The summed E-state index contributed by atoms with van der Waals surface area (Å²) in [6, 6.07) is 10.2. The normalized spacial score (nSPS) is 14.9. The van der Waals surface area contributed by atoms with Crippen molar-refractivity contribution in [1.29, 1.82) is 0 Å². The molecule has 0 radical (unpaired) electrons. The van der Waals surface area contributed by atoms with Crippen molar-refractivity contribution in [3.8, 4) is 11.5 Å². The fourth-order valence-corrected chi connectivity index (χ4v) is 3.47. The second-order valence-corrected chi connectivity index (χ2v) is 6.55. The summed E-state index contributed by atoms with van der Waals surface area (Å²) >= 11 is 9.97. The minimum Gasteiger partial charge on any atom is -0.486 e. The molecule has 1 heterocycles. The minimum absolute atomic E-state index is 0.101. The first-order chi connectivity index (χ1) is 10.1. The van der Waals surface area contributed by atoms with E-state index in [9.17, 15) is 0 Å². The zero-order valence-corrected chi connectivity index (χ0v) is 14.3. The fraction of sp³-hybridized carbons (Fsp3) is 0.294. The average molecular weight is 368 g/mol. The molecule has 0 saturated carbocycles. The van der Waals surface area contributed by atoms with Gasteiger partial charge in [-0.2, -0.15) is 0 Å². The van der Waals surface area contributed by atoms with Crippen LogP contribution in [0, 0.1) is 13.8 Å². The fourth-order valence-electron chi connectivity index (χ4n) is 2.47. The molecule has 2 aromatic carbocycles. The van der Waals surface area contributed by atoms with Crippen molar-refractivity contribution in [2.75, 3.05) is 13.2 Å². The van der Waals surface area contributed by atoms with Gasteiger partial charge in [0.2, 0.25) is 0 Å². The molecule has 0 fully saturated rings. The van der Waals surface area contributed by atoms with Crippen LogP contribution in [0.3, 0.4) is 0 Å². The molecular formula is C17H16BrClO2. The van der Waals surface area contributed by atoms with Crippen molar-refractivity contribution in [2.45, 2.75) is 18.7 Å². The Hall–Kier alpha value is -1.19. The number of hydrogen-bond acceptors (Lipinski definition) is 2. The predicted octanol–water partition coefficient (Wildman–Crippen LogP) is 5.21. The van der Waals surface area contributed by atoms with Crippen LogP contribution in [0.5, 0.6) is 11.5 Å². The van der Waals surface area contributed by atoms with Crippen LogP contribution in [0.2, 0.25) is 5.02 Å². The van der Waals surface area contributed by atoms with E-state index in [1.807, 2.05) is 25.1 Å². The van der Waals surface area contributed by atoms with Gasteiger partial charge in [0.25, 0.3) is 0 Å². The number of fused-ring (bicyclic) bond motifs is 1. The number of ether oxygens (including phenoxy) is 2. The third-order valence-corrected chi connectivity index (χ3v) is 5.11. The van der Waals surface area contributed by atoms with E-state index in [0.717, 1.165) is 27.6 Å². The van der Waals surface area contributed by atoms with Gasteiger partial charge in [0.05, 0.1) is 4.83 Å². The zero-order valence-electron chi connectivity index (χ0n) is 12.0. The lowest BCUT2D eigenvalue weighted by Crippen LogP contribution is -2.15. The summed E-state index contributed by atoms with van der Waals surface area (Å²) < 4.78 is 11.2. The number of aryl methyl sites for hydroxylation is 2. The molecule has 1 aliphatic rings. The van der Waals surface area contributed by atoms with Crippen molar-refractivity contribution in [1.82, 2.24) is 0 Å². The Balaban J connectivity index is 1.98. The highest BCUT2D eigenvalue weighted by molar-refractivity contribution is 9.09. The standard InChI is InChI=1S/C17H16BrClO2/c1-10-8-14(19)11(2)7-13(10)17(18)12-3-4-15-16(9-12)21-6-5-20-15/h3-4,7-9,17H,5-6H2,1-2H3. The maximum Gasteiger partial charge on any atom is 0.161 e. The molecular weight excluding hydrogens is 352 g/mol. The van der Waals surface area contributed by atoms with Gasteiger partial charge in [-0.1, -0.05) is 39.7 Å². The number of halogens is 2. The summed E-state index contributed by atoms with van der Waals surface area (Å²) in [5, 5.41) is 0.804. The lowest BCUT2D eigenvalue weighted by atomic mass is 9.98. The summed E-state index contributed by atoms with van der Waals surface area (Å²) in [6.07, 6.45) is 0. The first-order valence-corrected chi connectivity index (χ1v) is 8.16. The van der Waals surface area contributed by atoms with E-state index < -0.39 is 0 Å². The van der Waals surface area contributed by atoms with Gasteiger partial charge in [-0.25, -0.2) is 0 Å². The monoisotopic (exact) mass is 366 g/mol. The van der Waals surface area contributed by atoms with Gasteiger partial charge in [0.1, 0.15) is 13.2 Å². The number of rotatable bonds is 2. The molecule has 0 saturated heterocycles. The summed E-state index contributed by atoms with van der Waals surface area (Å²) in [6.45, 7) is 5.31. The maximum absolute atomic E-state index is 6.18. The van der Waals surface area contributed by atoms with E-state index in [4.69, 9.17) is 21.1 Å². The van der Waals surface area contributed by atoms with Crippen molar-refractivity contribution < 1.29 is 9.47 Å². The lowest BCUT2D eigenvalue weighted by molar-refractivity contribution is 0.171. The smallest absolute Gasteiger partial charge is 0.161 e. The minimum atomic E-state index is 0.101. The summed E-state index contributed by atoms with van der Waals surface area (Å²) in [4.78, 5) is 0.101. The van der Waals surface area contributed by atoms with E-state index in [-0.39, 0.29) is 4.83 Å². The van der Waals surface area contributed by atoms with Crippen LogP contribution >= 0.6 is 27.5 Å². The summed E-state index contributed by atoms with van der Waals surface area (Å²) in [5.41, 5.74) is 4.61. The largest absolute Gasteiger partial charge is 0.486 e. The molecule has 0 N–H and O–H groups in total. The van der Waals surface area contributed by atoms with Gasteiger partial charge < -0.3 is 9.47 Å². The van der Waals surface area contributed by atoms with Gasteiger partial charge in [-0.3, -0.25) is 0 Å². The molecule has 0 bridgehead atoms. The van der Waals surface area contributed by atoms with Crippen molar-refractivity contribution in [2.24, 2.45) is 0 Å². The molecule has 110 valence electrons. The highest BCUT2D eigenvalue weighted by Crippen LogP contribution is 2.39. The summed E-state index contributed by atoms with van der Waals surface area (Å²) in [7, 11) is 0. The highest BCUT2D eigenvalue weighted by atomic mass is 79.9. The van der Waals surface area contributed by atoms with Crippen LogP contribution in [-0.4, -0.2) is 13.2 Å². The van der Waals surface area contributed by atoms with Crippen molar-refractivity contribution in [3.63, 3.8) is 0 Å². The van der Waals surface area contributed by atoms with Crippen LogP contribution in [0.4, 0.5) is 0 Å². The Morgan fingerprint density at radius 2 is 1.71 bits per heavy atom. The second-order valence-electron chi connectivity index (χ2n) is 5.22. The molecule has 4 heteroatoms. The van der Waals surface area contributed by atoms with Gasteiger partial charge >= 0.3 is 0 Å². The molecule has 2 nitrogen and oxygen atoms in total. The molecule has 0 amide bonds. The van der Waals surface area contributed by atoms with E-state index in [2.05, 4.69) is 35.0 Å². The van der Waals surface area contributed by atoms with Crippen molar-refractivity contribution in [3.05, 3.63) is 57.6 Å². The van der Waals surface area contributed by atoms with Crippen LogP contribution in [0.15, 0.2) is 30.3 Å². The van der Waals surface area contributed by atoms with E-state index >= 15 is 0 Å². The van der Waals surface area contributed by atoms with E-state index in [1.54, 1.807) is 0 Å². The molecule has 3 rings (SSSR count). The third-order valence-electron chi connectivity index (χ3n) is 3.68. The Morgan fingerprint density at radius 3 is 2.48 bits per heavy atom. The third kappa shape index (κ3) is 2.90.